The average Bonchev–Trinajstić information content (AvgIpc) is 2.70. The predicted octanol–water partition coefficient (Wildman–Crippen LogP) is 1.47. The quantitative estimate of drug-likeness (QED) is 0.792. The van der Waals surface area contributed by atoms with Gasteiger partial charge in [-0.3, -0.25) is 9.78 Å². The molecule has 4 heteroatoms. The molecule has 2 rings (SSSR count). The minimum absolute atomic E-state index is 0.0410. The SMILES string of the molecule is Cc1cnccc1NC(=O)C1(C)CCCN1. The molecule has 1 aliphatic heterocycles. The zero-order chi connectivity index (χ0) is 11.6. The highest BCUT2D eigenvalue weighted by Crippen LogP contribution is 2.21. The second-order valence-corrected chi connectivity index (χ2v) is 4.51. The van der Waals surface area contributed by atoms with Crippen LogP contribution in [0, 0.1) is 6.92 Å². The molecule has 4 nitrogen and oxygen atoms in total. The van der Waals surface area contributed by atoms with Crippen LogP contribution in [0.1, 0.15) is 25.3 Å². The molecule has 1 amide bonds. The molecule has 1 saturated heterocycles. The molecule has 0 spiro atoms. The number of nitrogens with zero attached hydrogens (tertiary/aromatic N) is 1. The summed E-state index contributed by atoms with van der Waals surface area (Å²) >= 11 is 0. The number of aryl methyl sites for hydroxylation is 1. The Morgan fingerprint density at radius 1 is 1.62 bits per heavy atom. The van der Waals surface area contributed by atoms with Crippen LogP contribution in [0.15, 0.2) is 18.5 Å². The smallest absolute Gasteiger partial charge is 0.244 e. The fourth-order valence-corrected chi connectivity index (χ4v) is 1.96. The lowest BCUT2D eigenvalue weighted by Crippen LogP contribution is -2.48. The average molecular weight is 219 g/mol. The summed E-state index contributed by atoms with van der Waals surface area (Å²) < 4.78 is 0. The summed E-state index contributed by atoms with van der Waals surface area (Å²) in [5.74, 6) is 0.0410. The van der Waals surface area contributed by atoms with Crippen molar-refractivity contribution in [2.24, 2.45) is 0 Å². The first-order valence-electron chi connectivity index (χ1n) is 5.59. The molecule has 1 aliphatic rings. The molecule has 1 aromatic rings. The Hall–Kier alpha value is -1.42. The molecule has 0 radical (unpaired) electrons. The van der Waals surface area contributed by atoms with Gasteiger partial charge in [-0.25, -0.2) is 0 Å². The Kier molecular flexibility index (Phi) is 2.92. The normalized spacial score (nSPS) is 24.4. The van der Waals surface area contributed by atoms with Crippen molar-refractivity contribution in [2.45, 2.75) is 32.2 Å². The summed E-state index contributed by atoms with van der Waals surface area (Å²) in [6.45, 7) is 4.80. The van der Waals surface area contributed by atoms with Gasteiger partial charge in [0.25, 0.3) is 0 Å². The van der Waals surface area contributed by atoms with Crippen molar-refractivity contribution in [3.63, 3.8) is 0 Å². The fourth-order valence-electron chi connectivity index (χ4n) is 1.96. The Bertz CT molecular complexity index is 397. The maximum Gasteiger partial charge on any atom is 0.244 e. The highest BCUT2D eigenvalue weighted by Gasteiger charge is 2.35. The number of nitrogens with one attached hydrogen (secondary N) is 2. The molecule has 2 N–H and O–H groups in total. The number of pyridine rings is 1. The predicted molar refractivity (Wildman–Crippen MR) is 63.2 cm³/mol. The van der Waals surface area contributed by atoms with Crippen LogP contribution in [-0.2, 0) is 4.79 Å². The summed E-state index contributed by atoms with van der Waals surface area (Å²) in [6, 6.07) is 1.82. The van der Waals surface area contributed by atoms with Gasteiger partial charge in [0.05, 0.1) is 5.54 Å². The van der Waals surface area contributed by atoms with Crippen molar-refractivity contribution in [1.82, 2.24) is 10.3 Å². The van der Waals surface area contributed by atoms with Gasteiger partial charge < -0.3 is 10.6 Å². The van der Waals surface area contributed by atoms with E-state index in [1.807, 2.05) is 19.9 Å². The zero-order valence-electron chi connectivity index (χ0n) is 9.71. The number of hydrogen-bond acceptors (Lipinski definition) is 3. The van der Waals surface area contributed by atoms with E-state index in [1.165, 1.54) is 0 Å². The van der Waals surface area contributed by atoms with Gasteiger partial charge in [-0.1, -0.05) is 0 Å². The fraction of sp³-hybridized carbons (Fsp3) is 0.500. The molecule has 16 heavy (non-hydrogen) atoms. The number of carbonyl (C=O) groups excluding carboxylic acids is 1. The lowest BCUT2D eigenvalue weighted by molar-refractivity contribution is -0.121. The Morgan fingerprint density at radius 3 is 3.06 bits per heavy atom. The molecular formula is C12H17N3O. The molecule has 0 aromatic carbocycles. The second-order valence-electron chi connectivity index (χ2n) is 4.51. The minimum atomic E-state index is -0.421. The lowest BCUT2D eigenvalue weighted by atomic mass is 9.99. The van der Waals surface area contributed by atoms with E-state index in [4.69, 9.17) is 0 Å². The number of rotatable bonds is 2. The molecule has 86 valence electrons. The van der Waals surface area contributed by atoms with Gasteiger partial charge in [-0.2, -0.15) is 0 Å². The van der Waals surface area contributed by atoms with E-state index in [0.29, 0.717) is 0 Å². The molecule has 1 aromatic heterocycles. The number of amides is 1. The van der Waals surface area contributed by atoms with Gasteiger partial charge >= 0.3 is 0 Å². The molecule has 1 unspecified atom stereocenters. The second kappa shape index (κ2) is 4.22. The summed E-state index contributed by atoms with van der Waals surface area (Å²) in [4.78, 5) is 16.1. The Morgan fingerprint density at radius 2 is 2.44 bits per heavy atom. The monoisotopic (exact) mass is 219 g/mol. The topological polar surface area (TPSA) is 54.0 Å². The molecule has 1 atom stereocenters. The van der Waals surface area contributed by atoms with E-state index in [0.717, 1.165) is 30.6 Å². The van der Waals surface area contributed by atoms with E-state index in [1.54, 1.807) is 12.4 Å². The Labute approximate surface area is 95.5 Å². The summed E-state index contributed by atoms with van der Waals surface area (Å²) in [5.41, 5.74) is 1.41. The molecule has 0 aliphatic carbocycles. The Balaban J connectivity index is 2.10. The molecular weight excluding hydrogens is 202 g/mol. The lowest BCUT2D eigenvalue weighted by Gasteiger charge is -2.23. The van der Waals surface area contributed by atoms with Crippen molar-refractivity contribution in [3.05, 3.63) is 24.0 Å². The summed E-state index contributed by atoms with van der Waals surface area (Å²) in [5, 5.41) is 6.20. The van der Waals surface area contributed by atoms with Crippen LogP contribution < -0.4 is 10.6 Å². The number of hydrogen-bond donors (Lipinski definition) is 2. The minimum Gasteiger partial charge on any atom is -0.324 e. The van der Waals surface area contributed by atoms with Crippen LogP contribution in [-0.4, -0.2) is 23.0 Å². The van der Waals surface area contributed by atoms with Crippen LogP contribution in [0.5, 0.6) is 0 Å². The van der Waals surface area contributed by atoms with Crippen LogP contribution in [0.25, 0.3) is 0 Å². The highest BCUT2D eigenvalue weighted by atomic mass is 16.2. The first-order chi connectivity index (χ1) is 7.62. The molecule has 1 fully saturated rings. The third-order valence-electron chi connectivity index (χ3n) is 3.14. The van der Waals surface area contributed by atoms with E-state index < -0.39 is 5.54 Å². The molecule has 0 bridgehead atoms. The van der Waals surface area contributed by atoms with Crippen LogP contribution in [0.4, 0.5) is 5.69 Å². The van der Waals surface area contributed by atoms with Crippen LogP contribution in [0.2, 0.25) is 0 Å². The van der Waals surface area contributed by atoms with Crippen LogP contribution >= 0.6 is 0 Å². The maximum absolute atomic E-state index is 12.1. The van der Waals surface area contributed by atoms with E-state index in [9.17, 15) is 4.79 Å². The number of carbonyl (C=O) groups is 1. The third-order valence-corrected chi connectivity index (χ3v) is 3.14. The van der Waals surface area contributed by atoms with Gasteiger partial charge in [0.15, 0.2) is 0 Å². The van der Waals surface area contributed by atoms with Gasteiger partial charge in [-0.05, 0) is 44.9 Å². The van der Waals surface area contributed by atoms with Crippen molar-refractivity contribution >= 4 is 11.6 Å². The first-order valence-corrected chi connectivity index (χ1v) is 5.59. The summed E-state index contributed by atoms with van der Waals surface area (Å²) in [7, 11) is 0. The highest BCUT2D eigenvalue weighted by molar-refractivity contribution is 5.98. The van der Waals surface area contributed by atoms with Crippen molar-refractivity contribution in [3.8, 4) is 0 Å². The standard InChI is InChI=1S/C12H17N3O/c1-9-8-13-7-4-10(9)15-11(16)12(2)5-3-6-14-12/h4,7-8,14H,3,5-6H2,1-2H3,(H,13,15,16). The summed E-state index contributed by atoms with van der Waals surface area (Å²) in [6.07, 6.45) is 5.38. The number of aromatic nitrogens is 1. The maximum atomic E-state index is 12.1. The van der Waals surface area contributed by atoms with E-state index in [2.05, 4.69) is 15.6 Å². The van der Waals surface area contributed by atoms with E-state index >= 15 is 0 Å². The largest absolute Gasteiger partial charge is 0.324 e. The van der Waals surface area contributed by atoms with Crippen molar-refractivity contribution in [2.75, 3.05) is 11.9 Å². The van der Waals surface area contributed by atoms with Crippen molar-refractivity contribution < 1.29 is 4.79 Å². The molecule has 2 heterocycles. The molecule has 0 saturated carbocycles. The third kappa shape index (κ3) is 2.07. The van der Waals surface area contributed by atoms with Crippen LogP contribution in [0.3, 0.4) is 0 Å². The van der Waals surface area contributed by atoms with Gasteiger partial charge in [0, 0.05) is 18.1 Å². The van der Waals surface area contributed by atoms with Crippen molar-refractivity contribution in [1.29, 1.82) is 0 Å². The number of anilines is 1. The van der Waals surface area contributed by atoms with Gasteiger partial charge in [0.1, 0.15) is 0 Å². The zero-order valence-corrected chi connectivity index (χ0v) is 9.71. The van der Waals surface area contributed by atoms with Gasteiger partial charge in [-0.15, -0.1) is 0 Å². The first kappa shape index (κ1) is 11.1. The van der Waals surface area contributed by atoms with Gasteiger partial charge in [0.2, 0.25) is 5.91 Å². The van der Waals surface area contributed by atoms with E-state index in [-0.39, 0.29) is 5.91 Å².